The van der Waals surface area contributed by atoms with Crippen LogP contribution in [0.25, 0.3) is 22.6 Å². The number of nitrogens with one attached hydrogen (secondary N) is 2. The molecule has 2 aromatic carbocycles. The van der Waals surface area contributed by atoms with Gasteiger partial charge in [-0.25, -0.2) is 4.98 Å². The van der Waals surface area contributed by atoms with E-state index in [4.69, 9.17) is 0 Å². The van der Waals surface area contributed by atoms with E-state index in [9.17, 15) is 9.90 Å². The molecule has 1 heterocycles. The normalized spacial score (nSPS) is 10.4. The van der Waals surface area contributed by atoms with Crippen LogP contribution in [0.3, 0.4) is 0 Å². The molecular weight excluding hydrogens is 278 g/mol. The maximum atomic E-state index is 11.3. The Morgan fingerprint density at radius 2 is 1.77 bits per heavy atom. The summed E-state index contributed by atoms with van der Waals surface area (Å²) in [7, 11) is 0. The highest BCUT2D eigenvalue weighted by Gasteiger charge is 2.11. The summed E-state index contributed by atoms with van der Waals surface area (Å²) < 4.78 is 0. The van der Waals surface area contributed by atoms with E-state index < -0.39 is 0 Å². The van der Waals surface area contributed by atoms with Gasteiger partial charge >= 0.3 is 0 Å². The number of anilines is 1. The summed E-state index contributed by atoms with van der Waals surface area (Å²) in [5.41, 5.74) is 2.95. The fourth-order valence-corrected chi connectivity index (χ4v) is 2.29. The molecule has 1 amide bonds. The van der Waals surface area contributed by atoms with Gasteiger partial charge in [0.25, 0.3) is 0 Å². The van der Waals surface area contributed by atoms with Crippen molar-refractivity contribution in [1.82, 2.24) is 9.97 Å². The number of carbonyl (C=O) groups excluding carboxylic acids is 1. The second-order valence-corrected chi connectivity index (χ2v) is 4.89. The van der Waals surface area contributed by atoms with Gasteiger partial charge in [0, 0.05) is 12.5 Å². The lowest BCUT2D eigenvalue weighted by molar-refractivity contribution is -0.114. The number of imidazole rings is 1. The highest BCUT2D eigenvalue weighted by atomic mass is 16.3. The molecule has 0 unspecified atom stereocenters. The number of aromatic nitrogens is 2. The third-order valence-electron chi connectivity index (χ3n) is 3.26. The van der Waals surface area contributed by atoms with Crippen LogP contribution in [0.4, 0.5) is 5.69 Å². The predicted octanol–water partition coefficient (Wildman–Crippen LogP) is 3.41. The topological polar surface area (TPSA) is 78.0 Å². The fraction of sp³-hybridized carbons (Fsp3) is 0.0588. The van der Waals surface area contributed by atoms with E-state index in [0.717, 1.165) is 11.3 Å². The first kappa shape index (κ1) is 13.9. The zero-order valence-electron chi connectivity index (χ0n) is 12.0. The molecule has 5 heteroatoms. The zero-order valence-corrected chi connectivity index (χ0v) is 12.0. The minimum atomic E-state index is -0.132. The summed E-state index contributed by atoms with van der Waals surface area (Å²) in [6, 6.07) is 14.5. The summed E-state index contributed by atoms with van der Waals surface area (Å²) in [5.74, 6) is 0.608. The predicted molar refractivity (Wildman–Crippen MR) is 85.4 cm³/mol. The van der Waals surface area contributed by atoms with Gasteiger partial charge in [0.2, 0.25) is 5.91 Å². The van der Waals surface area contributed by atoms with Crippen molar-refractivity contribution in [3.05, 3.63) is 54.7 Å². The lowest BCUT2D eigenvalue weighted by atomic mass is 10.1. The van der Waals surface area contributed by atoms with Gasteiger partial charge in [-0.3, -0.25) is 4.79 Å². The molecule has 3 N–H and O–H groups in total. The maximum Gasteiger partial charge on any atom is 0.221 e. The summed E-state index contributed by atoms with van der Waals surface area (Å²) in [6.07, 6.45) is 1.68. The van der Waals surface area contributed by atoms with Crippen molar-refractivity contribution in [2.75, 3.05) is 5.32 Å². The SMILES string of the molecule is CC(=O)Nc1ccccc1-c1cnc(-c2ccccc2O)[nH]1. The van der Waals surface area contributed by atoms with Crippen molar-refractivity contribution in [2.24, 2.45) is 0 Å². The van der Waals surface area contributed by atoms with Crippen LogP contribution in [0.1, 0.15) is 6.92 Å². The van der Waals surface area contributed by atoms with E-state index in [1.54, 1.807) is 24.4 Å². The number of aromatic amines is 1. The van der Waals surface area contributed by atoms with Crippen molar-refractivity contribution in [2.45, 2.75) is 6.92 Å². The first-order chi connectivity index (χ1) is 10.6. The van der Waals surface area contributed by atoms with Gasteiger partial charge in [0.1, 0.15) is 11.6 Å². The summed E-state index contributed by atoms with van der Waals surface area (Å²) in [5, 5.41) is 12.7. The molecule has 1 aromatic heterocycles. The Hall–Kier alpha value is -3.08. The van der Waals surface area contributed by atoms with Gasteiger partial charge < -0.3 is 15.4 Å². The van der Waals surface area contributed by atoms with Crippen LogP contribution in [-0.4, -0.2) is 21.0 Å². The molecule has 0 atom stereocenters. The molecule has 5 nitrogen and oxygen atoms in total. The van der Waals surface area contributed by atoms with Gasteiger partial charge in [-0.1, -0.05) is 30.3 Å². The molecule has 0 saturated heterocycles. The van der Waals surface area contributed by atoms with Crippen molar-refractivity contribution in [1.29, 1.82) is 0 Å². The maximum absolute atomic E-state index is 11.3. The van der Waals surface area contributed by atoms with Crippen LogP contribution in [0.5, 0.6) is 5.75 Å². The first-order valence-electron chi connectivity index (χ1n) is 6.85. The molecule has 0 aliphatic rings. The van der Waals surface area contributed by atoms with E-state index in [-0.39, 0.29) is 11.7 Å². The lowest BCUT2D eigenvalue weighted by Gasteiger charge is -2.07. The first-order valence-corrected chi connectivity index (χ1v) is 6.85. The summed E-state index contributed by atoms with van der Waals surface area (Å²) in [4.78, 5) is 18.8. The highest BCUT2D eigenvalue weighted by Crippen LogP contribution is 2.31. The largest absolute Gasteiger partial charge is 0.507 e. The number of aromatic hydroxyl groups is 1. The van der Waals surface area contributed by atoms with Crippen molar-refractivity contribution >= 4 is 11.6 Å². The van der Waals surface area contributed by atoms with Gasteiger partial charge in [-0.15, -0.1) is 0 Å². The number of phenols is 1. The quantitative estimate of drug-likeness (QED) is 0.692. The minimum Gasteiger partial charge on any atom is -0.507 e. The Bertz CT molecular complexity index is 824. The molecule has 0 aliphatic heterocycles. The molecule has 3 rings (SSSR count). The molecule has 0 fully saturated rings. The van der Waals surface area contributed by atoms with E-state index in [2.05, 4.69) is 15.3 Å². The molecule has 0 bridgehead atoms. The second kappa shape index (κ2) is 5.73. The second-order valence-electron chi connectivity index (χ2n) is 4.89. The highest BCUT2D eigenvalue weighted by molar-refractivity contribution is 5.93. The molecule has 3 aromatic rings. The smallest absolute Gasteiger partial charge is 0.221 e. The summed E-state index contributed by atoms with van der Waals surface area (Å²) >= 11 is 0. The minimum absolute atomic E-state index is 0.132. The Kier molecular flexibility index (Phi) is 3.62. The Morgan fingerprint density at radius 1 is 1.09 bits per heavy atom. The van der Waals surface area contributed by atoms with E-state index in [0.29, 0.717) is 17.1 Å². The average Bonchev–Trinajstić information content (AvgIpc) is 2.97. The van der Waals surface area contributed by atoms with Crippen molar-refractivity contribution in [3.63, 3.8) is 0 Å². The number of nitrogens with zero attached hydrogens (tertiary/aromatic N) is 1. The van der Waals surface area contributed by atoms with E-state index in [1.165, 1.54) is 6.92 Å². The van der Waals surface area contributed by atoms with Crippen LogP contribution in [0, 0.1) is 0 Å². The summed E-state index contributed by atoms with van der Waals surface area (Å²) in [6.45, 7) is 1.47. The molecule has 110 valence electrons. The monoisotopic (exact) mass is 293 g/mol. The third kappa shape index (κ3) is 2.69. The van der Waals surface area contributed by atoms with Gasteiger partial charge in [-0.05, 0) is 18.2 Å². The zero-order chi connectivity index (χ0) is 15.5. The Morgan fingerprint density at radius 3 is 2.50 bits per heavy atom. The number of rotatable bonds is 3. The fourth-order valence-electron chi connectivity index (χ4n) is 2.29. The molecule has 0 aliphatic carbocycles. The number of H-pyrrole nitrogens is 1. The van der Waals surface area contributed by atoms with Gasteiger partial charge in [0.05, 0.1) is 23.1 Å². The number of phenolic OH excluding ortho intramolecular Hbond substituents is 1. The molecular formula is C17H15N3O2. The van der Waals surface area contributed by atoms with Crippen LogP contribution >= 0.6 is 0 Å². The van der Waals surface area contributed by atoms with Crippen LogP contribution in [0.2, 0.25) is 0 Å². The number of hydrogen-bond acceptors (Lipinski definition) is 3. The molecule has 0 saturated carbocycles. The Labute approximate surface area is 127 Å². The van der Waals surface area contributed by atoms with Gasteiger partial charge in [-0.2, -0.15) is 0 Å². The van der Waals surface area contributed by atoms with Crippen molar-refractivity contribution in [3.8, 4) is 28.4 Å². The van der Waals surface area contributed by atoms with Crippen LogP contribution in [0.15, 0.2) is 54.7 Å². The van der Waals surface area contributed by atoms with E-state index >= 15 is 0 Å². The third-order valence-corrected chi connectivity index (χ3v) is 3.26. The van der Waals surface area contributed by atoms with Crippen LogP contribution in [-0.2, 0) is 4.79 Å². The molecule has 0 spiro atoms. The number of carbonyl (C=O) groups is 1. The van der Waals surface area contributed by atoms with E-state index in [1.807, 2.05) is 30.3 Å². The van der Waals surface area contributed by atoms with Gasteiger partial charge in [0.15, 0.2) is 0 Å². The molecule has 22 heavy (non-hydrogen) atoms. The number of para-hydroxylation sites is 2. The lowest BCUT2D eigenvalue weighted by Crippen LogP contribution is -2.06. The number of amides is 1. The number of benzene rings is 2. The Balaban J connectivity index is 2.02. The number of hydrogen-bond donors (Lipinski definition) is 3. The van der Waals surface area contributed by atoms with Crippen molar-refractivity contribution < 1.29 is 9.90 Å². The van der Waals surface area contributed by atoms with Crippen LogP contribution < -0.4 is 5.32 Å². The molecule has 0 radical (unpaired) electrons. The average molecular weight is 293 g/mol. The standard InChI is InChI=1S/C17H15N3O2/c1-11(21)19-14-8-4-2-6-12(14)15-10-18-17(20-15)13-7-3-5-9-16(13)22/h2-10,22H,1H3,(H,18,20)(H,19,21).